The van der Waals surface area contributed by atoms with E-state index in [1.807, 2.05) is 11.7 Å². The van der Waals surface area contributed by atoms with Crippen LogP contribution in [-0.2, 0) is 6.54 Å². The van der Waals surface area contributed by atoms with Crippen LogP contribution in [0, 0.1) is 0 Å². The zero-order valence-corrected chi connectivity index (χ0v) is 11.8. The minimum absolute atomic E-state index is 0.711. The normalized spacial score (nSPS) is 19.8. The van der Waals surface area contributed by atoms with Crippen LogP contribution in [0.1, 0.15) is 4.88 Å². The van der Waals surface area contributed by atoms with E-state index in [9.17, 15) is 0 Å². The second-order valence-corrected chi connectivity index (χ2v) is 5.75. The second kappa shape index (κ2) is 6.71. The maximum atomic E-state index is 5.92. The molecule has 0 amide bonds. The standard InChI is InChI=1S/C11H15Cl2N3S/c12-5-10(13)7-15-1-3-16(4-2-15)8-11-6-14-9-17-11/h5-6,9H,1-4,7-8H2. The fraction of sp³-hybridized carbons (Fsp3) is 0.545. The molecule has 1 aromatic rings. The van der Waals surface area contributed by atoms with Gasteiger partial charge < -0.3 is 0 Å². The molecule has 0 unspecified atom stereocenters. The van der Waals surface area contributed by atoms with Gasteiger partial charge in [0.1, 0.15) is 0 Å². The summed E-state index contributed by atoms with van der Waals surface area (Å²) >= 11 is 13.2. The van der Waals surface area contributed by atoms with Crippen molar-refractivity contribution in [2.24, 2.45) is 0 Å². The number of rotatable bonds is 4. The molecule has 1 aromatic heterocycles. The molecule has 2 heterocycles. The first-order chi connectivity index (χ1) is 8.28. The lowest BCUT2D eigenvalue weighted by Gasteiger charge is -2.34. The van der Waals surface area contributed by atoms with Crippen LogP contribution in [0.2, 0.25) is 0 Å². The topological polar surface area (TPSA) is 19.4 Å². The van der Waals surface area contributed by atoms with Crippen molar-refractivity contribution in [2.45, 2.75) is 6.54 Å². The zero-order valence-electron chi connectivity index (χ0n) is 9.48. The summed E-state index contributed by atoms with van der Waals surface area (Å²) in [5, 5.41) is 0.711. The Hall–Kier alpha value is -0.130. The van der Waals surface area contributed by atoms with Crippen molar-refractivity contribution in [1.82, 2.24) is 14.8 Å². The summed E-state index contributed by atoms with van der Waals surface area (Å²) in [6.07, 6.45) is 1.95. The van der Waals surface area contributed by atoms with Crippen molar-refractivity contribution >= 4 is 34.5 Å². The van der Waals surface area contributed by atoms with Crippen LogP contribution in [0.3, 0.4) is 0 Å². The van der Waals surface area contributed by atoms with Crippen molar-refractivity contribution in [3.05, 3.63) is 27.2 Å². The highest BCUT2D eigenvalue weighted by Gasteiger charge is 2.17. The smallest absolute Gasteiger partial charge is 0.0794 e. The summed E-state index contributed by atoms with van der Waals surface area (Å²) < 4.78 is 0. The summed E-state index contributed by atoms with van der Waals surface area (Å²) in [4.78, 5) is 10.2. The van der Waals surface area contributed by atoms with Crippen molar-refractivity contribution < 1.29 is 0 Å². The lowest BCUT2D eigenvalue weighted by Crippen LogP contribution is -2.46. The Balaban J connectivity index is 1.74. The van der Waals surface area contributed by atoms with Crippen LogP contribution in [0.5, 0.6) is 0 Å². The molecule has 0 radical (unpaired) electrons. The summed E-state index contributed by atoms with van der Waals surface area (Å²) in [6, 6.07) is 0. The van der Waals surface area contributed by atoms with Gasteiger partial charge in [-0.1, -0.05) is 23.2 Å². The Morgan fingerprint density at radius 3 is 2.65 bits per heavy atom. The fourth-order valence-electron chi connectivity index (χ4n) is 1.89. The molecule has 1 aliphatic heterocycles. The van der Waals surface area contributed by atoms with Gasteiger partial charge in [0.15, 0.2) is 0 Å². The number of piperazine rings is 1. The largest absolute Gasteiger partial charge is 0.296 e. The van der Waals surface area contributed by atoms with E-state index in [2.05, 4.69) is 14.8 Å². The number of hydrogen-bond acceptors (Lipinski definition) is 4. The molecule has 2 rings (SSSR count). The monoisotopic (exact) mass is 291 g/mol. The highest BCUT2D eigenvalue weighted by molar-refractivity contribution is 7.09. The van der Waals surface area contributed by atoms with Crippen molar-refractivity contribution in [3.8, 4) is 0 Å². The summed E-state index contributed by atoms with van der Waals surface area (Å²) in [5.41, 5.74) is 3.34. The first-order valence-corrected chi connectivity index (χ1v) is 7.24. The predicted octanol–water partition coefficient (Wildman–Crippen LogP) is 2.58. The first kappa shape index (κ1) is 13.3. The van der Waals surface area contributed by atoms with Crippen LogP contribution < -0.4 is 0 Å². The molecule has 1 saturated heterocycles. The maximum absolute atomic E-state index is 5.92. The zero-order chi connectivity index (χ0) is 12.1. The van der Waals surface area contributed by atoms with Gasteiger partial charge in [0.2, 0.25) is 0 Å². The van der Waals surface area contributed by atoms with Gasteiger partial charge in [-0.05, 0) is 0 Å². The van der Waals surface area contributed by atoms with E-state index >= 15 is 0 Å². The highest BCUT2D eigenvalue weighted by Crippen LogP contribution is 2.13. The van der Waals surface area contributed by atoms with E-state index in [0.717, 1.165) is 39.3 Å². The van der Waals surface area contributed by atoms with Gasteiger partial charge >= 0.3 is 0 Å². The quantitative estimate of drug-likeness (QED) is 0.850. The third-order valence-electron chi connectivity index (χ3n) is 2.82. The van der Waals surface area contributed by atoms with E-state index in [-0.39, 0.29) is 0 Å². The molecule has 0 N–H and O–H groups in total. The molecule has 0 saturated carbocycles. The average Bonchev–Trinajstić information content (AvgIpc) is 2.84. The highest BCUT2D eigenvalue weighted by atomic mass is 35.5. The summed E-state index contributed by atoms with van der Waals surface area (Å²) in [5.74, 6) is 0. The first-order valence-electron chi connectivity index (χ1n) is 5.55. The van der Waals surface area contributed by atoms with Gasteiger partial charge in [-0.2, -0.15) is 0 Å². The van der Waals surface area contributed by atoms with Crippen LogP contribution in [0.25, 0.3) is 0 Å². The van der Waals surface area contributed by atoms with E-state index in [0.29, 0.717) is 5.03 Å². The average molecular weight is 292 g/mol. The molecule has 0 bridgehead atoms. The molecule has 0 spiro atoms. The number of hydrogen-bond donors (Lipinski definition) is 0. The van der Waals surface area contributed by atoms with E-state index in [1.54, 1.807) is 11.3 Å². The molecule has 0 aliphatic carbocycles. The fourth-order valence-corrected chi connectivity index (χ4v) is 2.77. The van der Waals surface area contributed by atoms with Gasteiger partial charge in [-0.25, -0.2) is 0 Å². The molecule has 3 nitrogen and oxygen atoms in total. The third-order valence-corrected chi connectivity index (χ3v) is 4.19. The van der Waals surface area contributed by atoms with Gasteiger partial charge in [0.25, 0.3) is 0 Å². The number of nitrogens with zero attached hydrogens (tertiary/aromatic N) is 3. The SMILES string of the molecule is ClC=C(Cl)CN1CCN(Cc2cncs2)CC1. The number of aromatic nitrogens is 1. The minimum atomic E-state index is 0.711. The van der Waals surface area contributed by atoms with E-state index in [4.69, 9.17) is 23.2 Å². The Kier molecular flexibility index (Phi) is 5.25. The molecule has 1 aliphatic rings. The van der Waals surface area contributed by atoms with Gasteiger partial charge in [-0.3, -0.25) is 14.8 Å². The molecular weight excluding hydrogens is 277 g/mol. The van der Waals surface area contributed by atoms with Crippen LogP contribution >= 0.6 is 34.5 Å². The molecule has 1 fully saturated rings. The maximum Gasteiger partial charge on any atom is 0.0794 e. The minimum Gasteiger partial charge on any atom is -0.296 e. The molecule has 0 aromatic carbocycles. The molecule has 17 heavy (non-hydrogen) atoms. The molecule has 94 valence electrons. The Bertz CT molecular complexity index is 359. The van der Waals surface area contributed by atoms with Gasteiger partial charge in [0, 0.05) is 60.9 Å². The molecule has 6 heteroatoms. The summed E-state index contributed by atoms with van der Waals surface area (Å²) in [6.45, 7) is 6.01. The number of halogens is 2. The van der Waals surface area contributed by atoms with Crippen molar-refractivity contribution in [3.63, 3.8) is 0 Å². The van der Waals surface area contributed by atoms with E-state index in [1.165, 1.54) is 10.4 Å². The predicted molar refractivity (Wildman–Crippen MR) is 73.6 cm³/mol. The molecule has 0 atom stereocenters. The van der Waals surface area contributed by atoms with Gasteiger partial charge in [-0.15, -0.1) is 11.3 Å². The lowest BCUT2D eigenvalue weighted by atomic mass is 10.3. The van der Waals surface area contributed by atoms with Crippen molar-refractivity contribution in [1.29, 1.82) is 0 Å². The Morgan fingerprint density at radius 2 is 2.06 bits per heavy atom. The Morgan fingerprint density at radius 1 is 1.35 bits per heavy atom. The van der Waals surface area contributed by atoms with E-state index < -0.39 is 0 Å². The molecular formula is C11H15Cl2N3S. The van der Waals surface area contributed by atoms with Crippen LogP contribution in [0.4, 0.5) is 0 Å². The number of thiazole rings is 1. The second-order valence-electron chi connectivity index (χ2n) is 4.08. The van der Waals surface area contributed by atoms with Crippen LogP contribution in [-0.4, -0.2) is 47.5 Å². The van der Waals surface area contributed by atoms with Gasteiger partial charge in [0.05, 0.1) is 5.51 Å². The summed E-state index contributed by atoms with van der Waals surface area (Å²) in [7, 11) is 0. The Labute approximate surface area is 116 Å². The van der Waals surface area contributed by atoms with Crippen molar-refractivity contribution in [2.75, 3.05) is 32.7 Å². The van der Waals surface area contributed by atoms with Crippen LogP contribution in [0.15, 0.2) is 22.3 Å². The third kappa shape index (κ3) is 4.23. The lowest BCUT2D eigenvalue weighted by molar-refractivity contribution is 0.137.